The van der Waals surface area contributed by atoms with Crippen molar-refractivity contribution in [2.45, 2.75) is 37.7 Å². The molecule has 1 aromatic rings. The number of hydrogen-bond acceptors (Lipinski definition) is 2. The number of methoxy groups -OCH3 is 1. The van der Waals surface area contributed by atoms with Gasteiger partial charge in [0, 0.05) is 12.7 Å². The highest BCUT2D eigenvalue weighted by Crippen LogP contribution is 2.33. The highest BCUT2D eigenvalue weighted by atomic mass is 16.5. The molecule has 0 aliphatic heterocycles. The van der Waals surface area contributed by atoms with Crippen LogP contribution in [0.3, 0.4) is 0 Å². The minimum atomic E-state index is -0.556. The monoisotopic (exact) mass is 218 g/mol. The molecule has 0 atom stereocenters. The summed E-state index contributed by atoms with van der Waals surface area (Å²) in [5, 5.41) is 0. The standard InChI is InChI=1S/C14H18O2/c1-16-14(10-6-3-7-11-14)13(15)12-8-4-2-5-9-12/h2,4-5,8-9H,3,6-7,10-11H2,1H3. The molecule has 1 aliphatic rings. The van der Waals surface area contributed by atoms with Crippen molar-refractivity contribution in [1.82, 2.24) is 0 Å². The van der Waals surface area contributed by atoms with Crippen molar-refractivity contribution in [3.05, 3.63) is 35.9 Å². The number of benzene rings is 1. The maximum atomic E-state index is 12.4. The Hall–Kier alpha value is -1.15. The Morgan fingerprint density at radius 3 is 2.31 bits per heavy atom. The number of hydrogen-bond donors (Lipinski definition) is 0. The van der Waals surface area contributed by atoms with E-state index in [0.29, 0.717) is 0 Å². The zero-order chi connectivity index (χ0) is 11.4. The molecule has 0 saturated heterocycles. The molecular formula is C14H18O2. The van der Waals surface area contributed by atoms with Gasteiger partial charge in [-0.1, -0.05) is 49.6 Å². The number of carbonyl (C=O) groups is 1. The quantitative estimate of drug-likeness (QED) is 0.728. The fourth-order valence-electron chi connectivity index (χ4n) is 2.50. The van der Waals surface area contributed by atoms with Crippen LogP contribution in [0.15, 0.2) is 30.3 Å². The highest BCUT2D eigenvalue weighted by molar-refractivity contribution is 6.02. The molecule has 86 valence electrons. The van der Waals surface area contributed by atoms with Crippen molar-refractivity contribution < 1.29 is 9.53 Å². The van der Waals surface area contributed by atoms with E-state index in [-0.39, 0.29) is 5.78 Å². The molecule has 1 saturated carbocycles. The largest absolute Gasteiger partial charge is 0.370 e. The van der Waals surface area contributed by atoms with Crippen molar-refractivity contribution in [1.29, 1.82) is 0 Å². The Morgan fingerprint density at radius 2 is 1.75 bits per heavy atom. The summed E-state index contributed by atoms with van der Waals surface area (Å²) in [7, 11) is 1.66. The fraction of sp³-hybridized carbons (Fsp3) is 0.500. The van der Waals surface area contributed by atoms with Gasteiger partial charge < -0.3 is 4.74 Å². The number of carbonyl (C=O) groups excluding carboxylic acids is 1. The number of rotatable bonds is 3. The number of ether oxygens (including phenoxy) is 1. The molecule has 2 rings (SSSR count). The minimum Gasteiger partial charge on any atom is -0.370 e. The van der Waals surface area contributed by atoms with Crippen molar-refractivity contribution in [2.75, 3.05) is 7.11 Å². The van der Waals surface area contributed by atoms with E-state index in [1.807, 2.05) is 30.3 Å². The molecule has 16 heavy (non-hydrogen) atoms. The normalized spacial score (nSPS) is 19.3. The van der Waals surface area contributed by atoms with Gasteiger partial charge in [0.2, 0.25) is 0 Å². The van der Waals surface area contributed by atoms with Gasteiger partial charge in [-0.05, 0) is 12.8 Å². The van der Waals surface area contributed by atoms with E-state index in [0.717, 1.165) is 31.2 Å². The van der Waals surface area contributed by atoms with Crippen LogP contribution in [0.4, 0.5) is 0 Å². The minimum absolute atomic E-state index is 0.148. The van der Waals surface area contributed by atoms with E-state index < -0.39 is 5.60 Å². The smallest absolute Gasteiger partial charge is 0.194 e. The van der Waals surface area contributed by atoms with Gasteiger partial charge in [-0.3, -0.25) is 4.79 Å². The average Bonchev–Trinajstić information content (AvgIpc) is 2.39. The van der Waals surface area contributed by atoms with Crippen LogP contribution in [0.1, 0.15) is 42.5 Å². The molecule has 0 unspecified atom stereocenters. The Labute approximate surface area is 96.6 Å². The lowest BCUT2D eigenvalue weighted by Crippen LogP contribution is -2.42. The van der Waals surface area contributed by atoms with Gasteiger partial charge in [0.15, 0.2) is 5.78 Å². The predicted octanol–water partition coefficient (Wildman–Crippen LogP) is 3.22. The summed E-state index contributed by atoms with van der Waals surface area (Å²) in [6, 6.07) is 9.48. The number of Topliss-reactive ketones (excluding diaryl/α,β-unsaturated/α-hetero) is 1. The van der Waals surface area contributed by atoms with Crippen molar-refractivity contribution >= 4 is 5.78 Å². The Bertz CT molecular complexity index is 350. The molecule has 0 amide bonds. The fourth-order valence-corrected chi connectivity index (χ4v) is 2.50. The third-order valence-corrected chi connectivity index (χ3v) is 3.50. The molecule has 1 aliphatic carbocycles. The molecule has 0 bridgehead atoms. The van der Waals surface area contributed by atoms with Crippen molar-refractivity contribution in [3.63, 3.8) is 0 Å². The number of ketones is 1. The molecule has 1 aromatic carbocycles. The van der Waals surface area contributed by atoms with Crippen molar-refractivity contribution in [2.24, 2.45) is 0 Å². The van der Waals surface area contributed by atoms with E-state index in [4.69, 9.17) is 4.74 Å². The average molecular weight is 218 g/mol. The molecule has 0 radical (unpaired) electrons. The maximum absolute atomic E-state index is 12.4. The van der Waals surface area contributed by atoms with Crippen LogP contribution >= 0.6 is 0 Å². The zero-order valence-electron chi connectivity index (χ0n) is 9.74. The van der Waals surface area contributed by atoms with Crippen LogP contribution in [0, 0.1) is 0 Å². The van der Waals surface area contributed by atoms with Gasteiger partial charge in [0.1, 0.15) is 5.60 Å². The summed E-state index contributed by atoms with van der Waals surface area (Å²) in [6.45, 7) is 0. The molecule has 0 spiro atoms. The van der Waals surface area contributed by atoms with E-state index in [9.17, 15) is 4.79 Å². The second-order valence-corrected chi connectivity index (χ2v) is 4.45. The summed E-state index contributed by atoms with van der Waals surface area (Å²) in [4.78, 5) is 12.4. The van der Waals surface area contributed by atoms with Gasteiger partial charge in [-0.15, -0.1) is 0 Å². The molecule has 0 aromatic heterocycles. The van der Waals surface area contributed by atoms with Gasteiger partial charge in [0.25, 0.3) is 0 Å². The molecule has 1 fully saturated rings. The lowest BCUT2D eigenvalue weighted by Gasteiger charge is -2.34. The van der Waals surface area contributed by atoms with Crippen LogP contribution in [0.25, 0.3) is 0 Å². The molecule has 2 heteroatoms. The Balaban J connectivity index is 2.24. The summed E-state index contributed by atoms with van der Waals surface area (Å²) >= 11 is 0. The zero-order valence-corrected chi connectivity index (χ0v) is 9.74. The third kappa shape index (κ3) is 2.03. The molecule has 0 N–H and O–H groups in total. The van der Waals surface area contributed by atoms with E-state index in [2.05, 4.69) is 0 Å². The first-order chi connectivity index (χ1) is 7.78. The predicted molar refractivity (Wildman–Crippen MR) is 63.6 cm³/mol. The van der Waals surface area contributed by atoms with E-state index >= 15 is 0 Å². The first kappa shape index (κ1) is 11.3. The molecular weight excluding hydrogens is 200 g/mol. The van der Waals surface area contributed by atoms with Crippen LogP contribution in [0.5, 0.6) is 0 Å². The van der Waals surface area contributed by atoms with Crippen LogP contribution < -0.4 is 0 Å². The first-order valence-corrected chi connectivity index (χ1v) is 5.93. The Morgan fingerprint density at radius 1 is 1.12 bits per heavy atom. The second kappa shape index (κ2) is 4.79. The van der Waals surface area contributed by atoms with Crippen LogP contribution in [-0.2, 0) is 4.74 Å². The lowest BCUT2D eigenvalue weighted by molar-refractivity contribution is -0.0194. The van der Waals surface area contributed by atoms with Gasteiger partial charge in [0.05, 0.1) is 0 Å². The van der Waals surface area contributed by atoms with Gasteiger partial charge in [-0.25, -0.2) is 0 Å². The van der Waals surface area contributed by atoms with Crippen LogP contribution in [0.2, 0.25) is 0 Å². The first-order valence-electron chi connectivity index (χ1n) is 5.93. The lowest BCUT2D eigenvalue weighted by atomic mass is 9.79. The third-order valence-electron chi connectivity index (χ3n) is 3.50. The molecule has 0 heterocycles. The summed E-state index contributed by atoms with van der Waals surface area (Å²) in [5.74, 6) is 0.148. The topological polar surface area (TPSA) is 26.3 Å². The molecule has 2 nitrogen and oxygen atoms in total. The van der Waals surface area contributed by atoms with Crippen LogP contribution in [-0.4, -0.2) is 18.5 Å². The summed E-state index contributed by atoms with van der Waals surface area (Å²) in [5.41, 5.74) is 0.214. The summed E-state index contributed by atoms with van der Waals surface area (Å²) < 4.78 is 5.55. The van der Waals surface area contributed by atoms with Gasteiger partial charge >= 0.3 is 0 Å². The SMILES string of the molecule is COC1(C(=O)c2ccccc2)CCCCC1. The van der Waals surface area contributed by atoms with E-state index in [1.54, 1.807) is 7.11 Å². The van der Waals surface area contributed by atoms with Gasteiger partial charge in [-0.2, -0.15) is 0 Å². The maximum Gasteiger partial charge on any atom is 0.194 e. The summed E-state index contributed by atoms with van der Waals surface area (Å²) in [6.07, 6.45) is 5.11. The Kier molecular flexibility index (Phi) is 3.39. The second-order valence-electron chi connectivity index (χ2n) is 4.45. The van der Waals surface area contributed by atoms with E-state index in [1.165, 1.54) is 6.42 Å². The highest BCUT2D eigenvalue weighted by Gasteiger charge is 2.39. The van der Waals surface area contributed by atoms with Crippen molar-refractivity contribution in [3.8, 4) is 0 Å².